The number of hydrogen-bond donors (Lipinski definition) is 1. The Hall–Kier alpha value is -2.79. The molecular formula is C22H24ClN3O2. The fourth-order valence-corrected chi connectivity index (χ4v) is 3.30. The largest absolute Gasteiger partial charge is 0.467 e. The van der Waals surface area contributed by atoms with Crippen LogP contribution in [0, 0.1) is 12.8 Å². The Morgan fingerprint density at radius 1 is 1.25 bits per heavy atom. The Morgan fingerprint density at radius 2 is 2.00 bits per heavy atom. The van der Waals surface area contributed by atoms with Crippen LogP contribution in [-0.2, 0) is 11.3 Å². The number of nitrogens with zero attached hydrogens (tertiary/aromatic N) is 2. The van der Waals surface area contributed by atoms with Gasteiger partial charge in [0.05, 0.1) is 12.0 Å². The van der Waals surface area contributed by atoms with Crippen molar-refractivity contribution in [1.29, 1.82) is 0 Å². The van der Waals surface area contributed by atoms with Gasteiger partial charge in [-0.2, -0.15) is 5.10 Å². The van der Waals surface area contributed by atoms with Crippen molar-refractivity contribution in [3.63, 3.8) is 0 Å². The van der Waals surface area contributed by atoms with E-state index in [0.29, 0.717) is 16.8 Å². The number of furan rings is 1. The zero-order chi connectivity index (χ0) is 20.1. The monoisotopic (exact) mass is 397 g/mol. The van der Waals surface area contributed by atoms with Gasteiger partial charge in [0.2, 0.25) is 5.91 Å². The van der Waals surface area contributed by atoms with Crippen LogP contribution in [-0.4, -0.2) is 15.7 Å². The predicted molar refractivity (Wildman–Crippen MR) is 111 cm³/mol. The predicted octanol–water partition coefficient (Wildman–Crippen LogP) is 5.01. The smallest absolute Gasteiger partial charge is 0.244 e. The summed E-state index contributed by atoms with van der Waals surface area (Å²) < 4.78 is 7.29. The number of benzene rings is 1. The molecule has 0 saturated carbocycles. The second-order valence-electron chi connectivity index (χ2n) is 7.07. The van der Waals surface area contributed by atoms with E-state index in [1.807, 2.05) is 43.3 Å². The van der Waals surface area contributed by atoms with Crippen molar-refractivity contribution in [2.75, 3.05) is 0 Å². The van der Waals surface area contributed by atoms with Crippen molar-refractivity contribution in [2.45, 2.75) is 33.4 Å². The van der Waals surface area contributed by atoms with E-state index >= 15 is 0 Å². The fourth-order valence-electron chi connectivity index (χ4n) is 2.99. The maximum atomic E-state index is 12.6. The molecule has 5 nitrogen and oxygen atoms in total. The summed E-state index contributed by atoms with van der Waals surface area (Å²) >= 11 is 6.44. The normalized spacial score (nSPS) is 12.6. The van der Waals surface area contributed by atoms with Gasteiger partial charge in [-0.25, -0.2) is 0 Å². The van der Waals surface area contributed by atoms with Crippen LogP contribution >= 0.6 is 11.6 Å². The number of halogens is 1. The van der Waals surface area contributed by atoms with E-state index in [2.05, 4.69) is 24.3 Å². The molecule has 1 N–H and O–H groups in total. The third-order valence-electron chi connectivity index (χ3n) is 4.30. The first-order valence-corrected chi connectivity index (χ1v) is 9.63. The number of nitrogens with one attached hydrogen (secondary N) is 1. The highest BCUT2D eigenvalue weighted by Gasteiger charge is 2.18. The van der Waals surface area contributed by atoms with Gasteiger partial charge in [0, 0.05) is 18.2 Å². The van der Waals surface area contributed by atoms with Crippen LogP contribution < -0.4 is 5.32 Å². The molecule has 1 aromatic carbocycles. The van der Waals surface area contributed by atoms with Gasteiger partial charge < -0.3 is 9.73 Å². The minimum absolute atomic E-state index is 0.239. The zero-order valence-corrected chi connectivity index (χ0v) is 17.0. The molecule has 3 rings (SSSR count). The molecule has 1 unspecified atom stereocenters. The first-order chi connectivity index (χ1) is 13.5. The molecule has 2 heterocycles. The molecule has 2 aromatic heterocycles. The molecule has 146 valence electrons. The van der Waals surface area contributed by atoms with Crippen molar-refractivity contribution >= 4 is 23.6 Å². The maximum Gasteiger partial charge on any atom is 0.244 e. The van der Waals surface area contributed by atoms with Crippen LogP contribution in [0.15, 0.2) is 59.2 Å². The highest BCUT2D eigenvalue weighted by molar-refractivity contribution is 6.31. The lowest BCUT2D eigenvalue weighted by atomic mass is 10.0. The Balaban J connectivity index is 1.78. The summed E-state index contributed by atoms with van der Waals surface area (Å²) in [6.45, 7) is 6.83. The van der Waals surface area contributed by atoms with Gasteiger partial charge in [-0.1, -0.05) is 55.8 Å². The van der Waals surface area contributed by atoms with Crippen LogP contribution in [0.4, 0.5) is 0 Å². The number of aromatic nitrogens is 2. The van der Waals surface area contributed by atoms with Crippen LogP contribution in [0.25, 0.3) is 6.08 Å². The van der Waals surface area contributed by atoms with Crippen molar-refractivity contribution in [3.8, 4) is 0 Å². The number of carbonyl (C=O) groups excluding carboxylic acids is 1. The molecule has 6 heteroatoms. The molecule has 3 aromatic rings. The Labute approximate surface area is 170 Å². The average Bonchev–Trinajstić information content (AvgIpc) is 3.28. The van der Waals surface area contributed by atoms with E-state index in [9.17, 15) is 4.79 Å². The first-order valence-electron chi connectivity index (χ1n) is 9.25. The molecule has 0 bridgehead atoms. The van der Waals surface area contributed by atoms with E-state index in [0.717, 1.165) is 23.4 Å². The van der Waals surface area contributed by atoms with Gasteiger partial charge in [0.25, 0.3) is 0 Å². The van der Waals surface area contributed by atoms with Gasteiger partial charge in [-0.05, 0) is 36.6 Å². The first kappa shape index (κ1) is 20.0. The van der Waals surface area contributed by atoms with Crippen LogP contribution in [0.3, 0.4) is 0 Å². The lowest BCUT2D eigenvalue weighted by Crippen LogP contribution is -2.27. The summed E-state index contributed by atoms with van der Waals surface area (Å²) in [4.78, 5) is 12.6. The third kappa shape index (κ3) is 4.73. The lowest BCUT2D eigenvalue weighted by molar-refractivity contribution is -0.117. The number of rotatable bonds is 7. The molecule has 28 heavy (non-hydrogen) atoms. The highest BCUT2D eigenvalue weighted by atomic mass is 35.5. The van der Waals surface area contributed by atoms with Crippen molar-refractivity contribution < 1.29 is 9.21 Å². The van der Waals surface area contributed by atoms with E-state index in [4.69, 9.17) is 16.0 Å². The molecule has 0 aliphatic rings. The van der Waals surface area contributed by atoms with Crippen molar-refractivity contribution in [3.05, 3.63) is 82.5 Å². The van der Waals surface area contributed by atoms with E-state index in [-0.39, 0.29) is 11.9 Å². The molecule has 0 radical (unpaired) electrons. The molecule has 0 aliphatic carbocycles. The number of amides is 1. The van der Waals surface area contributed by atoms with Crippen LogP contribution in [0.2, 0.25) is 5.15 Å². The molecule has 0 saturated heterocycles. The Kier molecular flexibility index (Phi) is 6.37. The van der Waals surface area contributed by atoms with Gasteiger partial charge in [-0.3, -0.25) is 9.48 Å². The van der Waals surface area contributed by atoms with Crippen LogP contribution in [0.1, 0.15) is 42.5 Å². The number of carbonyl (C=O) groups is 1. The minimum atomic E-state index is -0.367. The summed E-state index contributed by atoms with van der Waals surface area (Å²) in [6.07, 6.45) is 4.79. The Bertz CT molecular complexity index is 944. The lowest BCUT2D eigenvalue weighted by Gasteiger charge is -2.16. The average molecular weight is 398 g/mol. The molecule has 0 fully saturated rings. The van der Waals surface area contributed by atoms with Crippen LogP contribution in [0.5, 0.6) is 0 Å². The Morgan fingerprint density at radius 3 is 2.64 bits per heavy atom. The second kappa shape index (κ2) is 8.93. The minimum Gasteiger partial charge on any atom is -0.467 e. The van der Waals surface area contributed by atoms with Crippen molar-refractivity contribution in [2.24, 2.45) is 5.92 Å². The fraction of sp³-hybridized carbons (Fsp3) is 0.273. The maximum absolute atomic E-state index is 12.6. The molecular weight excluding hydrogens is 374 g/mol. The highest BCUT2D eigenvalue weighted by Crippen LogP contribution is 2.24. The van der Waals surface area contributed by atoms with Gasteiger partial charge in [0.1, 0.15) is 17.0 Å². The van der Waals surface area contributed by atoms with Crippen molar-refractivity contribution in [1.82, 2.24) is 15.1 Å². The summed E-state index contributed by atoms with van der Waals surface area (Å²) in [5.41, 5.74) is 2.49. The summed E-state index contributed by atoms with van der Waals surface area (Å²) in [7, 11) is 0. The van der Waals surface area contributed by atoms with E-state index < -0.39 is 0 Å². The quantitative estimate of drug-likeness (QED) is 0.570. The third-order valence-corrected chi connectivity index (χ3v) is 4.69. The molecule has 0 aliphatic heterocycles. The zero-order valence-electron chi connectivity index (χ0n) is 16.2. The van der Waals surface area contributed by atoms with E-state index in [1.54, 1.807) is 23.1 Å². The van der Waals surface area contributed by atoms with E-state index in [1.165, 1.54) is 6.08 Å². The SMILES string of the molecule is Cc1nn(CC(C)C)c(Cl)c1C=CC(=O)NC(c1ccccc1)c1ccco1. The summed E-state index contributed by atoms with van der Waals surface area (Å²) in [6, 6.07) is 13.0. The second-order valence-corrected chi connectivity index (χ2v) is 7.42. The molecule has 0 spiro atoms. The standard InChI is InChI=1S/C22H24ClN3O2/c1-15(2)14-26-22(23)18(16(3)25-26)11-12-20(27)24-21(19-10-7-13-28-19)17-8-5-4-6-9-17/h4-13,15,21H,14H2,1-3H3,(H,24,27). The topological polar surface area (TPSA) is 60.1 Å². The number of aryl methyl sites for hydroxylation is 1. The molecule has 1 amide bonds. The van der Waals surface area contributed by atoms with Gasteiger partial charge in [-0.15, -0.1) is 0 Å². The molecule has 1 atom stereocenters. The van der Waals surface area contributed by atoms with Gasteiger partial charge >= 0.3 is 0 Å². The summed E-state index contributed by atoms with van der Waals surface area (Å²) in [5, 5.41) is 8.00. The summed E-state index contributed by atoms with van der Waals surface area (Å²) in [5.74, 6) is 0.862. The van der Waals surface area contributed by atoms with Gasteiger partial charge in [0.15, 0.2) is 0 Å². The number of hydrogen-bond acceptors (Lipinski definition) is 3.